The number of thiazole rings is 1. The van der Waals surface area contributed by atoms with Gasteiger partial charge in [0, 0.05) is 40.8 Å². The molecule has 2 aliphatic rings. The second-order valence-electron chi connectivity index (χ2n) is 8.48. The molecule has 0 radical (unpaired) electrons. The molecule has 1 amide bonds. The van der Waals surface area contributed by atoms with Gasteiger partial charge in [-0.05, 0) is 37.8 Å². The summed E-state index contributed by atoms with van der Waals surface area (Å²) in [6.45, 7) is 0. The molecule has 2 aliphatic carbocycles. The van der Waals surface area contributed by atoms with Crippen LogP contribution in [0, 0.1) is 5.92 Å². The quantitative estimate of drug-likeness (QED) is 0.380. The molecule has 0 aromatic carbocycles. The highest BCUT2D eigenvalue weighted by molar-refractivity contribution is 7.13. The van der Waals surface area contributed by atoms with Crippen molar-refractivity contribution in [2.24, 2.45) is 5.92 Å². The van der Waals surface area contributed by atoms with Crippen LogP contribution in [0.3, 0.4) is 0 Å². The van der Waals surface area contributed by atoms with E-state index in [1.54, 1.807) is 12.4 Å². The number of nitrogens with zero attached hydrogens (tertiary/aromatic N) is 3. The predicted octanol–water partition coefficient (Wildman–Crippen LogP) is 4.42. The van der Waals surface area contributed by atoms with E-state index in [2.05, 4.69) is 25.3 Å². The summed E-state index contributed by atoms with van der Waals surface area (Å²) in [7, 11) is 1.33. The van der Waals surface area contributed by atoms with Crippen LogP contribution in [0.2, 0.25) is 0 Å². The minimum atomic E-state index is -0.507. The highest BCUT2D eigenvalue weighted by Gasteiger charge is 2.31. The van der Waals surface area contributed by atoms with Crippen LogP contribution in [0.4, 0.5) is 5.82 Å². The smallest absolute Gasteiger partial charge is 0.340 e. The lowest BCUT2D eigenvalue weighted by Gasteiger charge is -2.10. The first-order valence-electron chi connectivity index (χ1n) is 11.1. The molecule has 9 nitrogen and oxygen atoms in total. The molecule has 0 atom stereocenters. The zero-order valence-electron chi connectivity index (χ0n) is 18.3. The van der Waals surface area contributed by atoms with Gasteiger partial charge in [-0.25, -0.2) is 19.7 Å². The summed E-state index contributed by atoms with van der Waals surface area (Å²) in [6, 6.07) is 3.82. The van der Waals surface area contributed by atoms with Crippen molar-refractivity contribution < 1.29 is 19.1 Å². The Balaban J connectivity index is 1.50. The number of hydrogen-bond acceptors (Lipinski definition) is 8. The summed E-state index contributed by atoms with van der Waals surface area (Å²) < 4.78 is 11.0. The van der Waals surface area contributed by atoms with Gasteiger partial charge >= 0.3 is 5.97 Å². The number of fused-ring (bicyclic) bond motifs is 1. The topological polar surface area (TPSA) is 119 Å². The molecule has 0 aliphatic heterocycles. The van der Waals surface area contributed by atoms with Crippen LogP contribution in [0.25, 0.3) is 32.7 Å². The number of pyridine rings is 2. The maximum Gasteiger partial charge on any atom is 0.340 e. The number of rotatable bonds is 7. The van der Waals surface area contributed by atoms with E-state index in [0.717, 1.165) is 41.8 Å². The first-order valence-corrected chi connectivity index (χ1v) is 12.0. The first kappa shape index (κ1) is 20.8. The van der Waals surface area contributed by atoms with Gasteiger partial charge in [0.2, 0.25) is 11.8 Å². The SMILES string of the molecule is COC(=O)c1cnc(NC(=O)C2CC2)c2[nH]c(-c3cc(-c4nccs4)cnc3OC3CC3)cc12. The van der Waals surface area contributed by atoms with Crippen LogP contribution < -0.4 is 10.1 Å². The Morgan fingerprint density at radius 1 is 1.12 bits per heavy atom. The number of aromatic nitrogens is 4. The van der Waals surface area contributed by atoms with Gasteiger partial charge in [0.05, 0.1) is 29.4 Å². The van der Waals surface area contributed by atoms with Crippen molar-refractivity contribution >= 4 is 39.9 Å². The zero-order chi connectivity index (χ0) is 23.2. The molecule has 2 saturated carbocycles. The van der Waals surface area contributed by atoms with E-state index in [1.807, 2.05) is 17.5 Å². The van der Waals surface area contributed by atoms with Crippen LogP contribution in [0.1, 0.15) is 36.0 Å². The standard InChI is InChI=1S/C24H21N5O4S/c1-32-24(31)17-11-26-20(29-21(30)12-2-3-12)19-15(17)9-18(28-19)16-8-13(23-25-6-7-34-23)10-27-22(16)33-14-4-5-14/h6-12,14,28H,2-5H2,1H3,(H,26,29,30). The summed E-state index contributed by atoms with van der Waals surface area (Å²) in [5.74, 6) is 0.322. The predicted molar refractivity (Wildman–Crippen MR) is 127 cm³/mol. The monoisotopic (exact) mass is 475 g/mol. The molecule has 34 heavy (non-hydrogen) atoms. The van der Waals surface area contributed by atoms with Gasteiger partial charge in [0.25, 0.3) is 0 Å². The second kappa shape index (κ2) is 8.21. The average Bonchev–Trinajstić information content (AvgIpc) is 3.76. The number of anilines is 1. The average molecular weight is 476 g/mol. The Hall–Kier alpha value is -3.79. The maximum absolute atomic E-state index is 12.4. The summed E-state index contributed by atoms with van der Waals surface area (Å²) in [5.41, 5.74) is 3.14. The molecule has 4 heterocycles. The molecule has 6 rings (SSSR count). The summed E-state index contributed by atoms with van der Waals surface area (Å²) in [5, 5.41) is 6.25. The zero-order valence-corrected chi connectivity index (χ0v) is 19.1. The van der Waals surface area contributed by atoms with Crippen LogP contribution in [0.5, 0.6) is 5.88 Å². The van der Waals surface area contributed by atoms with Crippen molar-refractivity contribution in [3.63, 3.8) is 0 Å². The fraction of sp³-hybridized carbons (Fsp3) is 0.292. The third-order valence-corrected chi connectivity index (χ3v) is 6.71. The number of amides is 1. The third-order valence-electron chi connectivity index (χ3n) is 5.89. The number of methoxy groups -OCH3 is 1. The Kier molecular flexibility index (Phi) is 5.02. The molecule has 4 aromatic heterocycles. The number of hydrogen-bond donors (Lipinski definition) is 2. The lowest BCUT2D eigenvalue weighted by Crippen LogP contribution is -2.15. The van der Waals surface area contributed by atoms with Crippen LogP contribution in [-0.2, 0) is 9.53 Å². The largest absolute Gasteiger partial charge is 0.474 e. The third kappa shape index (κ3) is 3.90. The number of ether oxygens (including phenoxy) is 2. The van der Waals surface area contributed by atoms with Crippen LogP contribution in [0.15, 0.2) is 36.1 Å². The van der Waals surface area contributed by atoms with Crippen molar-refractivity contribution in [1.82, 2.24) is 19.9 Å². The van der Waals surface area contributed by atoms with E-state index in [4.69, 9.17) is 9.47 Å². The highest BCUT2D eigenvalue weighted by Crippen LogP contribution is 2.39. The molecule has 2 fully saturated rings. The highest BCUT2D eigenvalue weighted by atomic mass is 32.1. The molecule has 2 N–H and O–H groups in total. The molecule has 0 spiro atoms. The Bertz CT molecular complexity index is 1410. The van der Waals surface area contributed by atoms with E-state index < -0.39 is 5.97 Å². The number of carbonyl (C=O) groups is 2. The van der Waals surface area contributed by atoms with Crippen molar-refractivity contribution in [3.05, 3.63) is 41.7 Å². The van der Waals surface area contributed by atoms with Gasteiger partial charge in [-0.1, -0.05) is 0 Å². The molecule has 10 heteroatoms. The first-order chi connectivity index (χ1) is 16.6. The minimum absolute atomic E-state index is 0.0179. The number of nitrogens with one attached hydrogen (secondary N) is 2. The van der Waals surface area contributed by atoms with Crippen molar-refractivity contribution in [2.75, 3.05) is 12.4 Å². The Morgan fingerprint density at radius 3 is 2.68 bits per heavy atom. The normalized spacial score (nSPS) is 15.3. The number of aromatic amines is 1. The summed E-state index contributed by atoms with van der Waals surface area (Å²) in [6.07, 6.45) is 8.84. The summed E-state index contributed by atoms with van der Waals surface area (Å²) in [4.78, 5) is 41.6. The van der Waals surface area contributed by atoms with Crippen molar-refractivity contribution in [2.45, 2.75) is 31.8 Å². The van der Waals surface area contributed by atoms with Crippen LogP contribution >= 0.6 is 11.3 Å². The van der Waals surface area contributed by atoms with Crippen molar-refractivity contribution in [1.29, 1.82) is 0 Å². The van der Waals surface area contributed by atoms with E-state index in [0.29, 0.717) is 33.9 Å². The molecular formula is C24H21N5O4S. The Morgan fingerprint density at radius 2 is 1.97 bits per heavy atom. The fourth-order valence-electron chi connectivity index (χ4n) is 3.76. The summed E-state index contributed by atoms with van der Waals surface area (Å²) >= 11 is 1.52. The van der Waals surface area contributed by atoms with Gasteiger partial charge in [-0.15, -0.1) is 11.3 Å². The molecule has 0 bridgehead atoms. The van der Waals surface area contributed by atoms with E-state index in [1.165, 1.54) is 24.6 Å². The van der Waals surface area contributed by atoms with E-state index >= 15 is 0 Å². The lowest BCUT2D eigenvalue weighted by atomic mass is 10.1. The fourth-order valence-corrected chi connectivity index (χ4v) is 4.38. The van der Waals surface area contributed by atoms with Gasteiger partial charge in [-0.2, -0.15) is 0 Å². The number of carbonyl (C=O) groups excluding carboxylic acids is 2. The van der Waals surface area contributed by atoms with E-state index in [-0.39, 0.29) is 17.9 Å². The number of esters is 1. The maximum atomic E-state index is 12.4. The molecule has 0 saturated heterocycles. The van der Waals surface area contributed by atoms with E-state index in [9.17, 15) is 9.59 Å². The van der Waals surface area contributed by atoms with Crippen molar-refractivity contribution in [3.8, 4) is 27.7 Å². The minimum Gasteiger partial charge on any atom is -0.474 e. The molecular weight excluding hydrogens is 454 g/mol. The lowest BCUT2D eigenvalue weighted by molar-refractivity contribution is -0.117. The van der Waals surface area contributed by atoms with Gasteiger partial charge in [-0.3, -0.25) is 4.79 Å². The van der Waals surface area contributed by atoms with Gasteiger partial charge in [0.1, 0.15) is 11.1 Å². The number of H-pyrrole nitrogens is 1. The molecule has 4 aromatic rings. The second-order valence-corrected chi connectivity index (χ2v) is 9.37. The molecule has 0 unspecified atom stereocenters. The van der Waals surface area contributed by atoms with Gasteiger partial charge < -0.3 is 19.8 Å². The Labute approximate surface area is 198 Å². The molecule has 172 valence electrons. The van der Waals surface area contributed by atoms with Crippen LogP contribution in [-0.4, -0.2) is 45.0 Å². The van der Waals surface area contributed by atoms with Gasteiger partial charge in [0.15, 0.2) is 5.82 Å².